The van der Waals surface area contributed by atoms with Crippen LogP contribution in [-0.2, 0) is 13.0 Å². The van der Waals surface area contributed by atoms with Gasteiger partial charge < -0.3 is 4.57 Å². The maximum Gasteiger partial charge on any atom is 0.0472 e. The van der Waals surface area contributed by atoms with E-state index < -0.39 is 0 Å². The number of aryl methyl sites for hydroxylation is 1. The lowest BCUT2D eigenvalue weighted by Crippen LogP contribution is -2.04. The molecule has 0 aliphatic carbocycles. The molecular weight excluding hydrogens is 218 g/mol. The number of hydrogen-bond donors (Lipinski definition) is 0. The van der Waals surface area contributed by atoms with Crippen molar-refractivity contribution in [1.29, 1.82) is 0 Å². The van der Waals surface area contributed by atoms with Crippen LogP contribution in [0.4, 0.5) is 0 Å². The van der Waals surface area contributed by atoms with E-state index in [0.717, 1.165) is 6.54 Å². The van der Waals surface area contributed by atoms with Gasteiger partial charge in [0.1, 0.15) is 0 Å². The highest BCUT2D eigenvalue weighted by Gasteiger charge is 2.05. The Bertz CT molecular complexity index is 468. The monoisotopic (exact) mass is 241 g/mol. The van der Waals surface area contributed by atoms with E-state index >= 15 is 0 Å². The molecule has 1 aromatic carbocycles. The van der Waals surface area contributed by atoms with E-state index in [0.29, 0.717) is 0 Å². The van der Waals surface area contributed by atoms with Crippen LogP contribution in [0.15, 0.2) is 42.6 Å². The Hall–Kier alpha value is -1.50. The standard InChI is InChI=1S/C17H23N/c1-3-4-6-11-17-15(2)12-13-18(17)14-16-9-7-5-8-10-16/h5,7-10,12-13H,3-4,6,11,14H2,1-2H3. The van der Waals surface area contributed by atoms with Crippen molar-refractivity contribution >= 4 is 0 Å². The van der Waals surface area contributed by atoms with Gasteiger partial charge in [-0.15, -0.1) is 0 Å². The van der Waals surface area contributed by atoms with Gasteiger partial charge >= 0.3 is 0 Å². The molecule has 0 spiro atoms. The molecule has 18 heavy (non-hydrogen) atoms. The van der Waals surface area contributed by atoms with Gasteiger partial charge in [0.2, 0.25) is 0 Å². The third-order valence-electron chi connectivity index (χ3n) is 3.52. The fourth-order valence-electron chi connectivity index (χ4n) is 2.43. The molecule has 0 amide bonds. The van der Waals surface area contributed by atoms with E-state index in [1.165, 1.54) is 42.5 Å². The molecule has 0 N–H and O–H groups in total. The summed E-state index contributed by atoms with van der Waals surface area (Å²) in [5.74, 6) is 0. The first-order valence-electron chi connectivity index (χ1n) is 6.99. The highest BCUT2D eigenvalue weighted by molar-refractivity contribution is 5.23. The summed E-state index contributed by atoms with van der Waals surface area (Å²) in [5, 5.41) is 0. The molecule has 0 fully saturated rings. The third kappa shape index (κ3) is 3.25. The van der Waals surface area contributed by atoms with Crippen LogP contribution in [0.25, 0.3) is 0 Å². The van der Waals surface area contributed by atoms with Crippen LogP contribution in [0.3, 0.4) is 0 Å². The first-order valence-corrected chi connectivity index (χ1v) is 6.99. The van der Waals surface area contributed by atoms with Crippen LogP contribution < -0.4 is 0 Å². The van der Waals surface area contributed by atoms with E-state index in [9.17, 15) is 0 Å². The first-order chi connectivity index (χ1) is 8.81. The second-order valence-corrected chi connectivity index (χ2v) is 5.02. The van der Waals surface area contributed by atoms with Crippen LogP contribution in [0.1, 0.15) is 43.0 Å². The lowest BCUT2D eigenvalue weighted by atomic mass is 10.1. The number of aromatic nitrogens is 1. The number of benzene rings is 1. The van der Waals surface area contributed by atoms with Gasteiger partial charge in [-0.3, -0.25) is 0 Å². The quantitative estimate of drug-likeness (QED) is 0.652. The Morgan fingerprint density at radius 2 is 1.78 bits per heavy atom. The average molecular weight is 241 g/mol. The van der Waals surface area contributed by atoms with Crippen molar-refractivity contribution in [1.82, 2.24) is 4.57 Å². The SMILES string of the molecule is CCCCCc1c(C)ccn1Cc1ccccc1. The summed E-state index contributed by atoms with van der Waals surface area (Å²) in [7, 11) is 0. The van der Waals surface area contributed by atoms with Crippen molar-refractivity contribution in [2.45, 2.75) is 46.1 Å². The maximum absolute atomic E-state index is 2.40. The zero-order valence-electron chi connectivity index (χ0n) is 11.5. The van der Waals surface area contributed by atoms with Gasteiger partial charge in [-0.25, -0.2) is 0 Å². The van der Waals surface area contributed by atoms with E-state index in [2.05, 4.69) is 61.0 Å². The summed E-state index contributed by atoms with van der Waals surface area (Å²) >= 11 is 0. The molecule has 2 rings (SSSR count). The van der Waals surface area contributed by atoms with Gasteiger partial charge in [-0.05, 0) is 37.0 Å². The van der Waals surface area contributed by atoms with E-state index in [4.69, 9.17) is 0 Å². The minimum atomic E-state index is 0.996. The second-order valence-electron chi connectivity index (χ2n) is 5.02. The Kier molecular flexibility index (Phi) is 4.63. The largest absolute Gasteiger partial charge is 0.347 e. The first kappa shape index (κ1) is 12.9. The molecule has 0 radical (unpaired) electrons. The van der Waals surface area contributed by atoms with Crippen LogP contribution >= 0.6 is 0 Å². The molecule has 2 aromatic rings. The Balaban J connectivity index is 2.08. The smallest absolute Gasteiger partial charge is 0.0472 e. The molecule has 1 heterocycles. The molecule has 1 heteroatoms. The van der Waals surface area contributed by atoms with Crippen molar-refractivity contribution in [3.05, 3.63) is 59.4 Å². The van der Waals surface area contributed by atoms with Crippen molar-refractivity contribution < 1.29 is 0 Å². The van der Waals surface area contributed by atoms with E-state index in [-0.39, 0.29) is 0 Å². The van der Waals surface area contributed by atoms with Crippen LogP contribution in [-0.4, -0.2) is 4.57 Å². The fourth-order valence-corrected chi connectivity index (χ4v) is 2.43. The van der Waals surface area contributed by atoms with Crippen molar-refractivity contribution in [3.63, 3.8) is 0 Å². The van der Waals surface area contributed by atoms with E-state index in [1.807, 2.05) is 0 Å². The molecule has 1 nitrogen and oxygen atoms in total. The van der Waals surface area contributed by atoms with Crippen LogP contribution in [0, 0.1) is 6.92 Å². The summed E-state index contributed by atoms with van der Waals surface area (Å²) in [4.78, 5) is 0. The Labute approximate surface area is 110 Å². The van der Waals surface area contributed by atoms with Gasteiger partial charge in [-0.2, -0.15) is 0 Å². The zero-order valence-corrected chi connectivity index (χ0v) is 11.5. The van der Waals surface area contributed by atoms with Gasteiger partial charge in [0.15, 0.2) is 0 Å². The predicted molar refractivity (Wildman–Crippen MR) is 77.9 cm³/mol. The number of unbranched alkanes of at least 4 members (excludes halogenated alkanes) is 2. The van der Waals surface area contributed by atoms with Crippen LogP contribution in [0.2, 0.25) is 0 Å². The van der Waals surface area contributed by atoms with Crippen molar-refractivity contribution in [2.75, 3.05) is 0 Å². The molecule has 0 aliphatic rings. The molecule has 0 saturated heterocycles. The molecular formula is C17H23N. The lowest BCUT2D eigenvalue weighted by molar-refractivity contribution is 0.663. The number of hydrogen-bond acceptors (Lipinski definition) is 0. The van der Waals surface area contributed by atoms with Gasteiger partial charge in [0, 0.05) is 18.4 Å². The fraction of sp³-hybridized carbons (Fsp3) is 0.412. The maximum atomic E-state index is 2.40. The highest BCUT2D eigenvalue weighted by Crippen LogP contribution is 2.15. The summed E-state index contributed by atoms with van der Waals surface area (Å²) in [6.45, 7) is 5.48. The molecule has 0 unspecified atom stereocenters. The minimum absolute atomic E-state index is 0.996. The number of rotatable bonds is 6. The summed E-state index contributed by atoms with van der Waals surface area (Å²) < 4.78 is 2.40. The average Bonchev–Trinajstić information content (AvgIpc) is 2.73. The molecule has 0 atom stereocenters. The second kappa shape index (κ2) is 6.44. The van der Waals surface area contributed by atoms with Gasteiger partial charge in [-0.1, -0.05) is 50.1 Å². The highest BCUT2D eigenvalue weighted by atomic mass is 15.0. The third-order valence-corrected chi connectivity index (χ3v) is 3.52. The molecule has 1 aromatic heterocycles. The summed E-state index contributed by atoms with van der Waals surface area (Å²) in [6, 6.07) is 12.9. The molecule has 0 saturated carbocycles. The predicted octanol–water partition coefficient (Wildman–Crippen LogP) is 4.58. The Morgan fingerprint density at radius 1 is 1.00 bits per heavy atom. The van der Waals surface area contributed by atoms with E-state index in [1.54, 1.807) is 0 Å². The van der Waals surface area contributed by atoms with Gasteiger partial charge in [0.25, 0.3) is 0 Å². The Morgan fingerprint density at radius 3 is 2.50 bits per heavy atom. The topological polar surface area (TPSA) is 4.93 Å². The van der Waals surface area contributed by atoms with Crippen molar-refractivity contribution in [3.8, 4) is 0 Å². The summed E-state index contributed by atoms with van der Waals surface area (Å²) in [6.07, 6.45) is 7.35. The molecule has 0 bridgehead atoms. The van der Waals surface area contributed by atoms with Crippen molar-refractivity contribution in [2.24, 2.45) is 0 Å². The van der Waals surface area contributed by atoms with Crippen LogP contribution in [0.5, 0.6) is 0 Å². The summed E-state index contributed by atoms with van der Waals surface area (Å²) in [5.41, 5.74) is 4.32. The normalized spacial score (nSPS) is 10.8. The molecule has 0 aliphatic heterocycles. The minimum Gasteiger partial charge on any atom is -0.347 e. The molecule has 96 valence electrons. The lowest BCUT2D eigenvalue weighted by Gasteiger charge is -2.10. The number of nitrogens with zero attached hydrogens (tertiary/aromatic N) is 1. The zero-order chi connectivity index (χ0) is 12.8. The van der Waals surface area contributed by atoms with Gasteiger partial charge in [0.05, 0.1) is 0 Å².